The van der Waals surface area contributed by atoms with Crippen molar-refractivity contribution in [2.75, 3.05) is 25.6 Å². The van der Waals surface area contributed by atoms with Gasteiger partial charge in [-0.2, -0.15) is 0 Å². The third-order valence-corrected chi connectivity index (χ3v) is 5.56. The molecule has 0 radical (unpaired) electrons. The Morgan fingerprint density at radius 2 is 1.87 bits per heavy atom. The maximum Gasteiger partial charge on any atom is 0.255 e. The number of nitrogens with one attached hydrogen (secondary N) is 2. The van der Waals surface area contributed by atoms with E-state index in [1.54, 1.807) is 40.7 Å². The fourth-order valence-electron chi connectivity index (χ4n) is 2.90. The number of carbonyl (C=O) groups is 1. The number of aryl methyl sites for hydroxylation is 1. The van der Waals surface area contributed by atoms with Gasteiger partial charge in [0.2, 0.25) is 0 Å². The van der Waals surface area contributed by atoms with Crippen molar-refractivity contribution in [2.45, 2.75) is 6.92 Å². The van der Waals surface area contributed by atoms with Crippen molar-refractivity contribution in [3.63, 3.8) is 0 Å². The highest BCUT2D eigenvalue weighted by Gasteiger charge is 2.12. The Morgan fingerprint density at radius 3 is 2.53 bits per heavy atom. The molecule has 0 bridgehead atoms. The molecule has 2 N–H and O–H groups in total. The first-order valence-electron chi connectivity index (χ1n) is 9.44. The smallest absolute Gasteiger partial charge is 0.255 e. The lowest BCUT2D eigenvalue weighted by molar-refractivity contribution is 0.102. The van der Waals surface area contributed by atoms with E-state index in [1.165, 1.54) is 0 Å². The molecule has 30 heavy (non-hydrogen) atoms. The first-order valence-corrected chi connectivity index (χ1v) is 10.4. The molecule has 0 aliphatic rings. The molecule has 6 nitrogen and oxygen atoms in total. The van der Waals surface area contributed by atoms with Crippen LogP contribution < -0.4 is 5.32 Å². The Labute approximate surface area is 190 Å². The predicted molar refractivity (Wildman–Crippen MR) is 128 cm³/mol. The Balaban J connectivity index is 1.71. The summed E-state index contributed by atoms with van der Waals surface area (Å²) in [5.74, 6) is 0.174. The molecule has 0 unspecified atom stereocenters. The average Bonchev–Trinajstić information content (AvgIpc) is 2.78. The van der Waals surface area contributed by atoms with Gasteiger partial charge in [-0.25, -0.2) is 0 Å². The van der Waals surface area contributed by atoms with Gasteiger partial charge in [0.1, 0.15) is 5.84 Å². The largest absolute Gasteiger partial charge is 0.383 e. The molecule has 3 rings (SSSR count). The zero-order valence-electron chi connectivity index (χ0n) is 16.9. The van der Waals surface area contributed by atoms with E-state index in [-0.39, 0.29) is 5.91 Å². The van der Waals surface area contributed by atoms with Crippen molar-refractivity contribution in [1.82, 2.24) is 8.10 Å². The molecule has 0 aliphatic carbocycles. The van der Waals surface area contributed by atoms with Crippen LogP contribution >= 0.6 is 22.9 Å². The van der Waals surface area contributed by atoms with Crippen molar-refractivity contribution < 1.29 is 9.53 Å². The summed E-state index contributed by atoms with van der Waals surface area (Å²) in [6.45, 7) is 3.18. The van der Waals surface area contributed by atoms with Crippen LogP contribution in [0.2, 0.25) is 0 Å². The zero-order chi connectivity index (χ0) is 21.5. The molecule has 0 fully saturated rings. The molecule has 2 aromatic carbocycles. The zero-order valence-corrected chi connectivity index (χ0v) is 19.0. The van der Waals surface area contributed by atoms with Crippen LogP contribution in [0.3, 0.4) is 0 Å². The SMILES string of the molecule is COCCN(I)C(=N)c1ccc(C(=O)Nc2ccc(C)c(-c3ccccn3)c2)cc1. The van der Waals surface area contributed by atoms with E-state index in [9.17, 15) is 4.79 Å². The van der Waals surface area contributed by atoms with Crippen LogP contribution in [-0.2, 0) is 4.74 Å². The molecule has 0 saturated heterocycles. The second kappa shape index (κ2) is 10.3. The number of carbonyl (C=O) groups excluding carboxylic acids is 1. The molecule has 0 spiro atoms. The third kappa shape index (κ3) is 5.43. The third-order valence-electron chi connectivity index (χ3n) is 4.59. The summed E-state index contributed by atoms with van der Waals surface area (Å²) in [6, 6.07) is 18.6. The van der Waals surface area contributed by atoms with Gasteiger partial charge < -0.3 is 10.1 Å². The number of aromatic nitrogens is 1. The lowest BCUT2D eigenvalue weighted by Gasteiger charge is -2.17. The van der Waals surface area contributed by atoms with Crippen LogP contribution in [0.15, 0.2) is 66.9 Å². The van der Waals surface area contributed by atoms with E-state index in [1.807, 2.05) is 43.3 Å². The van der Waals surface area contributed by atoms with Gasteiger partial charge in [0, 0.05) is 35.7 Å². The van der Waals surface area contributed by atoms with Crippen LogP contribution in [0.4, 0.5) is 5.69 Å². The molecule has 1 heterocycles. The number of pyridine rings is 1. The van der Waals surface area contributed by atoms with Crippen molar-refractivity contribution in [3.8, 4) is 11.3 Å². The van der Waals surface area contributed by atoms with E-state index in [2.05, 4.69) is 33.2 Å². The number of amides is 1. The summed E-state index contributed by atoms with van der Waals surface area (Å²) >= 11 is 2.09. The van der Waals surface area contributed by atoms with Crippen molar-refractivity contribution in [1.29, 1.82) is 5.41 Å². The number of amidine groups is 1. The summed E-state index contributed by atoms with van der Waals surface area (Å²) in [5.41, 5.74) is 4.92. The minimum absolute atomic E-state index is 0.199. The molecule has 7 heteroatoms. The van der Waals surface area contributed by atoms with E-state index in [0.29, 0.717) is 30.2 Å². The Kier molecular flexibility index (Phi) is 7.53. The van der Waals surface area contributed by atoms with Gasteiger partial charge in [0.05, 0.1) is 41.7 Å². The second-order valence-electron chi connectivity index (χ2n) is 6.70. The maximum absolute atomic E-state index is 12.7. The van der Waals surface area contributed by atoms with Gasteiger partial charge >= 0.3 is 0 Å². The van der Waals surface area contributed by atoms with E-state index >= 15 is 0 Å². The van der Waals surface area contributed by atoms with Gasteiger partial charge in [-0.05, 0) is 48.9 Å². The minimum atomic E-state index is -0.199. The molecule has 1 amide bonds. The summed E-state index contributed by atoms with van der Waals surface area (Å²) in [6.07, 6.45) is 1.76. The fraction of sp³-hybridized carbons (Fsp3) is 0.174. The fourth-order valence-corrected chi connectivity index (χ4v) is 3.38. The number of ether oxygens (including phenoxy) is 1. The molecular weight excluding hydrogens is 491 g/mol. The maximum atomic E-state index is 12.7. The van der Waals surface area contributed by atoms with E-state index in [4.69, 9.17) is 10.1 Å². The topological polar surface area (TPSA) is 78.3 Å². The van der Waals surface area contributed by atoms with Gasteiger partial charge in [-0.15, -0.1) is 0 Å². The summed E-state index contributed by atoms with van der Waals surface area (Å²) < 4.78 is 6.83. The first kappa shape index (κ1) is 21.9. The lowest BCUT2D eigenvalue weighted by atomic mass is 10.0. The van der Waals surface area contributed by atoms with Crippen LogP contribution in [0.1, 0.15) is 21.5 Å². The summed E-state index contributed by atoms with van der Waals surface area (Å²) in [4.78, 5) is 17.1. The van der Waals surface area contributed by atoms with Crippen LogP contribution in [-0.4, -0.2) is 40.1 Å². The van der Waals surface area contributed by atoms with Crippen LogP contribution in [0, 0.1) is 12.3 Å². The standard InChI is InChI=1S/C23H23IN4O2/c1-16-6-11-19(15-20(16)21-5-3-4-12-26-21)27-23(29)18-9-7-17(8-10-18)22(25)28(24)13-14-30-2/h3-12,15,25H,13-14H2,1-2H3,(H,27,29). The van der Waals surface area contributed by atoms with E-state index < -0.39 is 0 Å². The van der Waals surface area contributed by atoms with Gasteiger partial charge in [-0.3, -0.25) is 18.3 Å². The van der Waals surface area contributed by atoms with Gasteiger partial charge in [0.25, 0.3) is 5.91 Å². The van der Waals surface area contributed by atoms with Crippen molar-refractivity contribution >= 4 is 40.3 Å². The quantitative estimate of drug-likeness (QED) is 0.203. The highest BCUT2D eigenvalue weighted by atomic mass is 127. The Bertz CT molecular complexity index is 1020. The number of methoxy groups -OCH3 is 1. The van der Waals surface area contributed by atoms with Crippen LogP contribution in [0.25, 0.3) is 11.3 Å². The number of nitrogens with zero attached hydrogens (tertiary/aromatic N) is 2. The molecule has 0 aliphatic heterocycles. The van der Waals surface area contributed by atoms with Crippen molar-refractivity contribution in [3.05, 3.63) is 83.6 Å². The number of hydrogen-bond donors (Lipinski definition) is 2. The second-order valence-corrected chi connectivity index (χ2v) is 7.87. The van der Waals surface area contributed by atoms with Gasteiger partial charge in [-0.1, -0.05) is 24.3 Å². The Morgan fingerprint density at radius 1 is 1.13 bits per heavy atom. The highest BCUT2D eigenvalue weighted by Crippen LogP contribution is 2.25. The molecule has 3 aromatic rings. The monoisotopic (exact) mass is 514 g/mol. The molecule has 154 valence electrons. The lowest BCUT2D eigenvalue weighted by Crippen LogP contribution is -2.24. The molecule has 0 atom stereocenters. The normalized spacial score (nSPS) is 10.5. The summed E-state index contributed by atoms with van der Waals surface area (Å²) in [7, 11) is 1.63. The number of halogens is 1. The minimum Gasteiger partial charge on any atom is -0.383 e. The first-order chi connectivity index (χ1) is 14.5. The number of hydrogen-bond acceptors (Lipinski definition) is 4. The number of anilines is 1. The number of benzene rings is 2. The predicted octanol–water partition coefficient (Wildman–Crippen LogP) is 4.93. The molecular formula is C23H23IN4O2. The van der Waals surface area contributed by atoms with Crippen LogP contribution in [0.5, 0.6) is 0 Å². The van der Waals surface area contributed by atoms with Gasteiger partial charge in [0.15, 0.2) is 0 Å². The highest BCUT2D eigenvalue weighted by molar-refractivity contribution is 14.1. The van der Waals surface area contributed by atoms with E-state index in [0.717, 1.165) is 22.4 Å². The average molecular weight is 514 g/mol. The van der Waals surface area contributed by atoms with Crippen molar-refractivity contribution in [2.24, 2.45) is 0 Å². The molecule has 0 saturated carbocycles. The molecule has 1 aromatic heterocycles. The summed E-state index contributed by atoms with van der Waals surface area (Å²) in [5, 5.41) is 11.2. The Hall–Kier alpha value is -2.78. The number of rotatable bonds is 7.